The van der Waals surface area contributed by atoms with Gasteiger partial charge in [-0.3, -0.25) is 14.4 Å². The third-order valence-corrected chi connectivity index (χ3v) is 8.59. The molecule has 48 heavy (non-hydrogen) atoms. The molecule has 0 spiro atoms. The van der Waals surface area contributed by atoms with Crippen molar-refractivity contribution in [3.63, 3.8) is 0 Å². The highest BCUT2D eigenvalue weighted by atomic mass is 35.5. The second-order valence-corrected chi connectivity index (χ2v) is 12.2. The largest absolute Gasteiger partial charge is 0.459 e. The summed E-state index contributed by atoms with van der Waals surface area (Å²) in [6.45, 7) is -0.810. The number of hydrogen-bond donors (Lipinski definition) is 2. The van der Waals surface area contributed by atoms with Crippen molar-refractivity contribution in [2.75, 3.05) is 0 Å². The first-order chi connectivity index (χ1) is 23.0. The van der Waals surface area contributed by atoms with E-state index in [-0.39, 0.29) is 12.8 Å². The lowest BCUT2D eigenvalue weighted by Gasteiger charge is -2.32. The van der Waals surface area contributed by atoms with Crippen molar-refractivity contribution in [1.82, 2.24) is 0 Å². The van der Waals surface area contributed by atoms with Crippen LogP contribution in [0.2, 0.25) is 0 Å². The Balaban J connectivity index is 1.75. The molecule has 9 nitrogen and oxygen atoms in total. The summed E-state index contributed by atoms with van der Waals surface area (Å²) in [6.07, 6.45) is -0.300. The Morgan fingerprint density at radius 1 is 0.500 bits per heavy atom. The third kappa shape index (κ3) is 8.42. The predicted octanol–water partition coefficient (Wildman–Crippen LogP) is 4.28. The number of ketones is 3. The summed E-state index contributed by atoms with van der Waals surface area (Å²) >= 11 is 13.5. The molecule has 2 unspecified atom stereocenters. The molecule has 4 aromatic rings. The Morgan fingerprint density at radius 2 is 0.771 bits per heavy atom. The summed E-state index contributed by atoms with van der Waals surface area (Å²) in [5.41, 5.74) is 14.7. The number of alkyl halides is 2. The number of Topliss-reactive ketones (excluding diaryl/α,β-unsaturated/α-hetero) is 3. The number of nitrogens with two attached hydrogens (primary N) is 2. The van der Waals surface area contributed by atoms with E-state index in [4.69, 9.17) is 44.1 Å². The number of esters is 2. The van der Waals surface area contributed by atoms with Crippen LogP contribution in [0.15, 0.2) is 121 Å². The Kier molecular flexibility index (Phi) is 12.4. The second kappa shape index (κ2) is 16.4. The smallest absolute Gasteiger partial charge is 0.343 e. The molecule has 0 bridgehead atoms. The average Bonchev–Trinajstić information content (AvgIpc) is 3.12. The lowest BCUT2D eigenvalue weighted by atomic mass is 9.80. The van der Waals surface area contributed by atoms with Crippen molar-refractivity contribution in [3.05, 3.63) is 144 Å². The molecule has 0 radical (unpaired) electrons. The van der Waals surface area contributed by atoms with Gasteiger partial charge >= 0.3 is 11.9 Å². The molecule has 0 aromatic heterocycles. The van der Waals surface area contributed by atoms with Crippen molar-refractivity contribution >= 4 is 52.5 Å². The third-order valence-electron chi connectivity index (χ3n) is 7.56. The Hall–Kier alpha value is -4.67. The average molecular weight is 690 g/mol. The monoisotopic (exact) mass is 688 g/mol. The van der Waals surface area contributed by atoms with E-state index in [1.54, 1.807) is 121 Å². The van der Waals surface area contributed by atoms with Gasteiger partial charge in [0.15, 0.2) is 11.6 Å². The van der Waals surface area contributed by atoms with Crippen molar-refractivity contribution in [1.29, 1.82) is 0 Å². The summed E-state index contributed by atoms with van der Waals surface area (Å²) in [6, 6.07) is 30.6. The van der Waals surface area contributed by atoms with Gasteiger partial charge in [-0.15, -0.1) is 0 Å². The van der Waals surface area contributed by atoms with Crippen molar-refractivity contribution < 1.29 is 33.4 Å². The van der Waals surface area contributed by atoms with E-state index in [9.17, 15) is 24.0 Å². The first-order valence-electron chi connectivity index (χ1n) is 15.0. The van der Waals surface area contributed by atoms with E-state index in [1.165, 1.54) is 0 Å². The maximum atomic E-state index is 14.6. The number of benzene rings is 4. The number of carbonyl (C=O) groups is 5. The van der Waals surface area contributed by atoms with Gasteiger partial charge in [-0.1, -0.05) is 145 Å². The lowest BCUT2D eigenvalue weighted by Crippen LogP contribution is -2.67. The zero-order valence-corrected chi connectivity index (χ0v) is 27.3. The van der Waals surface area contributed by atoms with Crippen LogP contribution in [0.25, 0.3) is 0 Å². The van der Waals surface area contributed by atoms with Gasteiger partial charge in [-0.05, 0) is 35.1 Å². The highest BCUT2D eigenvalue weighted by Crippen LogP contribution is 2.35. The number of ether oxygens (including phenoxy) is 2. The van der Waals surface area contributed by atoms with Crippen LogP contribution in [0, 0.1) is 0 Å². The molecule has 0 aliphatic heterocycles. The van der Waals surface area contributed by atoms with Gasteiger partial charge in [0.2, 0.25) is 5.78 Å². The van der Waals surface area contributed by atoms with Gasteiger partial charge in [0.25, 0.3) is 9.75 Å². The fourth-order valence-electron chi connectivity index (χ4n) is 4.93. The molecule has 4 aromatic carbocycles. The topological polar surface area (TPSA) is 156 Å². The van der Waals surface area contributed by atoms with Gasteiger partial charge in [0.1, 0.15) is 13.2 Å². The normalized spacial score (nSPS) is 14.8. The molecule has 0 aliphatic carbocycles. The molecule has 0 fully saturated rings. The van der Waals surface area contributed by atoms with E-state index < -0.39 is 64.3 Å². The van der Waals surface area contributed by atoms with Gasteiger partial charge in [0, 0.05) is 0 Å². The zero-order chi connectivity index (χ0) is 34.7. The minimum Gasteiger partial charge on any atom is -0.459 e. The molecule has 0 saturated carbocycles. The van der Waals surface area contributed by atoms with Crippen LogP contribution in [0.4, 0.5) is 0 Å². The van der Waals surface area contributed by atoms with Gasteiger partial charge in [-0.25, -0.2) is 9.59 Å². The summed E-state index contributed by atoms with van der Waals surface area (Å²) in [5, 5.41) is 0. The van der Waals surface area contributed by atoms with Crippen LogP contribution >= 0.6 is 23.2 Å². The quantitative estimate of drug-likeness (QED) is 0.0997. The Bertz CT molecular complexity index is 1600. The van der Waals surface area contributed by atoms with Crippen molar-refractivity contribution in [2.24, 2.45) is 11.5 Å². The molecule has 0 amide bonds. The standard InChI is InChI=1S/C37H34Cl2N2O7/c38-36(34(45)47-23-27-17-9-3-10-18-27,31(42)29(40)21-25-13-5-1-6-14-25)33(44)37(39,35(46)48-24-28-19-11-4-12-20-28)32(43)30(41)22-26-15-7-2-8-16-26/h1-20,29-30H,21-24,40-41H2/t29-,30-,36?,37?/m0/s1. The Labute approximate surface area is 288 Å². The maximum absolute atomic E-state index is 14.6. The van der Waals surface area contributed by atoms with Gasteiger partial charge in [0.05, 0.1) is 12.1 Å². The SMILES string of the molecule is N[C@@H](Cc1ccccc1)C(=O)C(Cl)(C(=O)OCc1ccccc1)C(=O)C(Cl)(C(=O)OCc1ccccc1)C(=O)[C@@H](N)Cc1ccccc1. The first-order valence-corrected chi connectivity index (χ1v) is 15.8. The van der Waals surface area contributed by atoms with Crippen LogP contribution in [0.5, 0.6) is 0 Å². The molecular weight excluding hydrogens is 655 g/mol. The van der Waals surface area contributed by atoms with E-state index in [2.05, 4.69) is 0 Å². The molecule has 0 saturated heterocycles. The molecule has 11 heteroatoms. The molecular formula is C37H34Cl2N2O7. The fraction of sp³-hybridized carbons (Fsp3) is 0.216. The highest BCUT2D eigenvalue weighted by Gasteiger charge is 2.67. The van der Waals surface area contributed by atoms with E-state index in [0.717, 1.165) is 0 Å². The number of hydrogen-bond acceptors (Lipinski definition) is 9. The molecule has 0 aliphatic rings. The highest BCUT2D eigenvalue weighted by molar-refractivity contribution is 6.69. The predicted molar refractivity (Wildman–Crippen MR) is 181 cm³/mol. The van der Waals surface area contributed by atoms with Crippen LogP contribution in [-0.2, 0) is 59.5 Å². The summed E-state index contributed by atoms with van der Waals surface area (Å²) in [4.78, 5) is 63.6. The van der Waals surface area contributed by atoms with E-state index in [1.807, 2.05) is 0 Å². The van der Waals surface area contributed by atoms with Crippen LogP contribution in [-0.4, -0.2) is 51.1 Å². The van der Waals surface area contributed by atoms with Crippen molar-refractivity contribution in [3.8, 4) is 0 Å². The molecule has 4 atom stereocenters. The van der Waals surface area contributed by atoms with Crippen molar-refractivity contribution in [2.45, 2.75) is 47.9 Å². The maximum Gasteiger partial charge on any atom is 0.343 e. The minimum absolute atomic E-state index is 0.150. The first kappa shape index (κ1) is 36.2. The number of halogens is 2. The van der Waals surface area contributed by atoms with E-state index in [0.29, 0.717) is 22.3 Å². The second-order valence-electron chi connectivity index (χ2n) is 11.1. The summed E-state index contributed by atoms with van der Waals surface area (Å²) < 4.78 is 10.7. The lowest BCUT2D eigenvalue weighted by molar-refractivity contribution is -0.159. The van der Waals surface area contributed by atoms with Crippen LogP contribution in [0.1, 0.15) is 22.3 Å². The molecule has 248 valence electrons. The Morgan fingerprint density at radius 3 is 1.06 bits per heavy atom. The molecule has 4 rings (SSSR count). The molecule has 4 N–H and O–H groups in total. The molecule has 0 heterocycles. The fourth-order valence-corrected chi connectivity index (χ4v) is 5.65. The minimum atomic E-state index is -3.35. The summed E-state index contributed by atoms with van der Waals surface area (Å²) in [5.74, 6) is -7.60. The zero-order valence-electron chi connectivity index (χ0n) is 25.8. The van der Waals surface area contributed by atoms with Gasteiger partial charge in [-0.2, -0.15) is 0 Å². The van der Waals surface area contributed by atoms with Gasteiger partial charge < -0.3 is 20.9 Å². The summed E-state index contributed by atoms with van der Waals surface area (Å²) in [7, 11) is 0. The number of rotatable bonds is 16. The van der Waals surface area contributed by atoms with Crippen LogP contribution in [0.3, 0.4) is 0 Å². The van der Waals surface area contributed by atoms with E-state index >= 15 is 0 Å². The number of carbonyl (C=O) groups excluding carboxylic acids is 5. The van der Waals surface area contributed by atoms with Crippen LogP contribution < -0.4 is 11.5 Å².